The molecule has 1 aromatic rings. The summed E-state index contributed by atoms with van der Waals surface area (Å²) in [7, 11) is 0. The Morgan fingerprint density at radius 3 is 2.89 bits per heavy atom. The number of nitrogens with two attached hydrogens (primary N) is 1. The van der Waals surface area contributed by atoms with Crippen molar-refractivity contribution in [3.8, 4) is 0 Å². The normalized spacial score (nSPS) is 19.0. The molecule has 2 rings (SSSR count). The molecule has 0 radical (unpaired) electrons. The molecule has 1 heterocycles. The van der Waals surface area contributed by atoms with Crippen LogP contribution in [0.3, 0.4) is 0 Å². The summed E-state index contributed by atoms with van der Waals surface area (Å²) in [6.45, 7) is 7.36. The lowest BCUT2D eigenvalue weighted by Gasteiger charge is -2.40. The molecule has 1 aliphatic rings. The number of para-hydroxylation sites is 1. The van der Waals surface area contributed by atoms with E-state index in [2.05, 4.69) is 24.8 Å². The fraction of sp³-hybridized carbons (Fsp3) is 0.571. The summed E-state index contributed by atoms with van der Waals surface area (Å²) in [6.07, 6.45) is 0.889. The molecular weight excluding hydrogens is 264 g/mol. The number of rotatable bonds is 3. The number of benzene rings is 1. The highest BCUT2D eigenvalue weighted by Gasteiger charge is 2.28. The van der Waals surface area contributed by atoms with Crippen LogP contribution in [0.15, 0.2) is 18.2 Å². The molecular formula is C14H21ClN2S. The van der Waals surface area contributed by atoms with Crippen LogP contribution < -0.4 is 10.6 Å². The maximum Gasteiger partial charge on any atom is 0.0642 e. The Balaban J connectivity index is 2.31. The first-order chi connectivity index (χ1) is 8.53. The quantitative estimate of drug-likeness (QED) is 0.924. The van der Waals surface area contributed by atoms with Crippen molar-refractivity contribution >= 4 is 29.1 Å². The highest BCUT2D eigenvalue weighted by Crippen LogP contribution is 2.37. The molecule has 0 bridgehead atoms. The number of thioether (sulfide) groups is 1. The van der Waals surface area contributed by atoms with Gasteiger partial charge in [0, 0.05) is 23.6 Å². The fourth-order valence-electron chi connectivity index (χ4n) is 2.48. The van der Waals surface area contributed by atoms with Gasteiger partial charge in [-0.25, -0.2) is 0 Å². The summed E-state index contributed by atoms with van der Waals surface area (Å²) < 4.78 is 0.289. The number of hydrogen-bond donors (Lipinski definition) is 1. The van der Waals surface area contributed by atoms with Crippen molar-refractivity contribution in [1.82, 2.24) is 0 Å². The predicted octanol–water partition coefficient (Wildman–Crippen LogP) is 3.17. The van der Waals surface area contributed by atoms with E-state index >= 15 is 0 Å². The number of halogens is 1. The van der Waals surface area contributed by atoms with Crippen LogP contribution in [0, 0.1) is 0 Å². The van der Waals surface area contributed by atoms with Crippen molar-refractivity contribution in [2.45, 2.75) is 25.0 Å². The smallest absolute Gasteiger partial charge is 0.0642 e. The Kier molecular flexibility index (Phi) is 4.46. The average Bonchev–Trinajstić information content (AvgIpc) is 2.28. The fourth-order valence-corrected chi connectivity index (χ4v) is 3.90. The standard InChI is InChI=1S/C14H21ClN2S/c1-14(2)10-17(8-9-18-14)13-11(6-7-16)4-3-5-12(13)15/h3-5H,6-10,16H2,1-2H3. The van der Waals surface area contributed by atoms with E-state index in [1.54, 1.807) is 0 Å². The lowest BCUT2D eigenvalue weighted by molar-refractivity contribution is 0.645. The Morgan fingerprint density at radius 2 is 2.22 bits per heavy atom. The Morgan fingerprint density at radius 1 is 1.44 bits per heavy atom. The van der Waals surface area contributed by atoms with Gasteiger partial charge in [-0.2, -0.15) is 11.8 Å². The van der Waals surface area contributed by atoms with E-state index in [4.69, 9.17) is 17.3 Å². The van der Waals surface area contributed by atoms with E-state index in [-0.39, 0.29) is 4.75 Å². The first kappa shape index (κ1) is 14.0. The number of hydrogen-bond acceptors (Lipinski definition) is 3. The Bertz CT molecular complexity index is 420. The van der Waals surface area contributed by atoms with E-state index in [1.807, 2.05) is 23.9 Å². The van der Waals surface area contributed by atoms with E-state index < -0.39 is 0 Å². The first-order valence-electron chi connectivity index (χ1n) is 6.40. The lowest BCUT2D eigenvalue weighted by Crippen LogP contribution is -2.43. The van der Waals surface area contributed by atoms with Gasteiger partial charge in [0.15, 0.2) is 0 Å². The van der Waals surface area contributed by atoms with E-state index in [0.717, 1.165) is 30.3 Å². The lowest BCUT2D eigenvalue weighted by atomic mass is 10.1. The third-order valence-corrected chi connectivity index (χ3v) is 4.83. The maximum atomic E-state index is 6.40. The molecule has 0 aromatic heterocycles. The van der Waals surface area contributed by atoms with Gasteiger partial charge >= 0.3 is 0 Å². The minimum Gasteiger partial charge on any atom is -0.368 e. The molecule has 1 aromatic carbocycles. The molecule has 1 fully saturated rings. The average molecular weight is 285 g/mol. The third kappa shape index (κ3) is 3.14. The molecule has 0 amide bonds. The monoisotopic (exact) mass is 284 g/mol. The summed E-state index contributed by atoms with van der Waals surface area (Å²) in [4.78, 5) is 2.42. The van der Waals surface area contributed by atoms with Crippen LogP contribution in [0.2, 0.25) is 5.02 Å². The molecule has 4 heteroatoms. The van der Waals surface area contributed by atoms with Gasteiger partial charge in [0.2, 0.25) is 0 Å². The zero-order valence-electron chi connectivity index (χ0n) is 11.1. The molecule has 0 saturated carbocycles. The van der Waals surface area contributed by atoms with Crippen LogP contribution in [0.4, 0.5) is 5.69 Å². The van der Waals surface area contributed by atoms with E-state index in [1.165, 1.54) is 11.3 Å². The third-order valence-electron chi connectivity index (χ3n) is 3.23. The SMILES string of the molecule is CC1(C)CN(c2c(Cl)cccc2CCN)CCS1. The number of anilines is 1. The van der Waals surface area contributed by atoms with E-state index in [0.29, 0.717) is 6.54 Å². The second-order valence-electron chi connectivity index (χ2n) is 5.32. The summed E-state index contributed by atoms with van der Waals surface area (Å²) in [5.41, 5.74) is 8.16. The van der Waals surface area contributed by atoms with Crippen molar-refractivity contribution < 1.29 is 0 Å². The molecule has 18 heavy (non-hydrogen) atoms. The Hall–Kier alpha value is -0.380. The van der Waals surface area contributed by atoms with E-state index in [9.17, 15) is 0 Å². The first-order valence-corrected chi connectivity index (χ1v) is 7.76. The number of nitrogens with zero attached hydrogens (tertiary/aromatic N) is 1. The second-order valence-corrected chi connectivity index (χ2v) is 7.53. The largest absolute Gasteiger partial charge is 0.368 e. The summed E-state index contributed by atoms with van der Waals surface area (Å²) in [5, 5.41) is 0.851. The van der Waals surface area contributed by atoms with Gasteiger partial charge in [-0.05, 0) is 38.4 Å². The van der Waals surface area contributed by atoms with Crippen molar-refractivity contribution in [2.24, 2.45) is 5.73 Å². The van der Waals surface area contributed by atoms with Crippen LogP contribution in [-0.2, 0) is 6.42 Å². The highest BCUT2D eigenvalue weighted by atomic mass is 35.5. The molecule has 0 atom stereocenters. The van der Waals surface area contributed by atoms with Crippen molar-refractivity contribution in [3.63, 3.8) is 0 Å². The summed E-state index contributed by atoms with van der Waals surface area (Å²) >= 11 is 8.44. The van der Waals surface area contributed by atoms with Crippen LogP contribution in [0.25, 0.3) is 0 Å². The summed E-state index contributed by atoms with van der Waals surface area (Å²) in [6, 6.07) is 6.13. The Labute approximate surface area is 119 Å². The van der Waals surface area contributed by atoms with Crippen LogP contribution >= 0.6 is 23.4 Å². The predicted molar refractivity (Wildman–Crippen MR) is 83.0 cm³/mol. The van der Waals surface area contributed by atoms with Gasteiger partial charge in [-0.15, -0.1) is 0 Å². The van der Waals surface area contributed by atoms with Gasteiger partial charge in [0.1, 0.15) is 0 Å². The van der Waals surface area contributed by atoms with Crippen molar-refractivity contribution in [3.05, 3.63) is 28.8 Å². The van der Waals surface area contributed by atoms with Gasteiger partial charge in [0.05, 0.1) is 10.7 Å². The molecule has 1 saturated heterocycles. The molecule has 2 nitrogen and oxygen atoms in total. The highest BCUT2D eigenvalue weighted by molar-refractivity contribution is 8.00. The molecule has 0 unspecified atom stereocenters. The minimum absolute atomic E-state index is 0.289. The van der Waals surface area contributed by atoms with Crippen molar-refractivity contribution in [2.75, 3.05) is 30.3 Å². The zero-order chi connectivity index (χ0) is 13.2. The topological polar surface area (TPSA) is 29.3 Å². The van der Waals surface area contributed by atoms with Crippen molar-refractivity contribution in [1.29, 1.82) is 0 Å². The summed E-state index contributed by atoms with van der Waals surface area (Å²) in [5.74, 6) is 1.15. The molecule has 1 aliphatic heterocycles. The molecule has 100 valence electrons. The molecule has 0 spiro atoms. The minimum atomic E-state index is 0.289. The van der Waals surface area contributed by atoms with Crippen LogP contribution in [-0.4, -0.2) is 30.1 Å². The van der Waals surface area contributed by atoms with Crippen LogP contribution in [0.5, 0.6) is 0 Å². The molecule has 2 N–H and O–H groups in total. The maximum absolute atomic E-state index is 6.40. The van der Waals surface area contributed by atoms with Gasteiger partial charge < -0.3 is 10.6 Å². The van der Waals surface area contributed by atoms with Gasteiger partial charge in [-0.1, -0.05) is 23.7 Å². The zero-order valence-corrected chi connectivity index (χ0v) is 12.7. The van der Waals surface area contributed by atoms with Gasteiger partial charge in [-0.3, -0.25) is 0 Å². The van der Waals surface area contributed by atoms with Crippen LogP contribution in [0.1, 0.15) is 19.4 Å². The molecule has 0 aliphatic carbocycles. The van der Waals surface area contributed by atoms with Gasteiger partial charge in [0.25, 0.3) is 0 Å². The second kappa shape index (κ2) is 5.72.